The van der Waals surface area contributed by atoms with Crippen molar-refractivity contribution in [2.24, 2.45) is 0 Å². The summed E-state index contributed by atoms with van der Waals surface area (Å²) in [5, 5.41) is 0. The molecule has 1 atom stereocenters. The van der Waals surface area contributed by atoms with Crippen LogP contribution in [0, 0.1) is 0 Å². The van der Waals surface area contributed by atoms with Gasteiger partial charge in [0.25, 0.3) is 0 Å². The highest BCUT2D eigenvalue weighted by Crippen LogP contribution is 2.32. The highest BCUT2D eigenvalue weighted by atomic mass is 16.1. The van der Waals surface area contributed by atoms with Gasteiger partial charge in [-0.3, -0.25) is 4.79 Å². The minimum atomic E-state index is 0.0670. The molecule has 1 aromatic rings. The third kappa shape index (κ3) is 1.91. The fraction of sp³-hybridized carbons (Fsp3) is 0.214. The van der Waals surface area contributed by atoms with Crippen LogP contribution in [0.3, 0.4) is 0 Å². The zero-order chi connectivity index (χ0) is 10.7. The molecule has 0 radical (unpaired) electrons. The van der Waals surface area contributed by atoms with E-state index >= 15 is 0 Å². The molecule has 1 aliphatic rings. The summed E-state index contributed by atoms with van der Waals surface area (Å²) in [5.41, 5.74) is 2.40. The number of benzene rings is 1. The maximum atomic E-state index is 11.8. The van der Waals surface area contributed by atoms with E-state index < -0.39 is 0 Å². The van der Waals surface area contributed by atoms with Crippen LogP contribution in [0.2, 0.25) is 0 Å². The second kappa shape index (κ2) is 4.26. The Morgan fingerprint density at radius 1 is 1.40 bits per heavy atom. The fourth-order valence-electron chi connectivity index (χ4n) is 2.09. The first-order chi connectivity index (χ1) is 7.33. The van der Waals surface area contributed by atoms with E-state index in [1.54, 1.807) is 6.08 Å². The number of fused-ring (bicyclic) bond motifs is 1. The fourth-order valence-corrected chi connectivity index (χ4v) is 2.09. The van der Waals surface area contributed by atoms with Gasteiger partial charge in [0.1, 0.15) is 5.78 Å². The van der Waals surface area contributed by atoms with E-state index in [2.05, 4.69) is 12.6 Å². The van der Waals surface area contributed by atoms with E-state index in [9.17, 15) is 4.79 Å². The van der Waals surface area contributed by atoms with Gasteiger partial charge in [-0.2, -0.15) is 0 Å². The summed E-state index contributed by atoms with van der Waals surface area (Å²) in [6.07, 6.45) is 7.04. The van der Waals surface area contributed by atoms with Crippen LogP contribution in [0.15, 0.2) is 49.1 Å². The summed E-state index contributed by atoms with van der Waals surface area (Å²) in [4.78, 5) is 11.8. The van der Waals surface area contributed by atoms with Gasteiger partial charge in [-0.05, 0) is 17.5 Å². The van der Waals surface area contributed by atoms with Crippen LogP contribution in [-0.4, -0.2) is 5.78 Å². The molecule has 2 rings (SSSR count). The largest absolute Gasteiger partial charge is 0.299 e. The first-order valence-electron chi connectivity index (χ1n) is 5.21. The molecular formula is C14H14O. The zero-order valence-corrected chi connectivity index (χ0v) is 8.65. The van der Waals surface area contributed by atoms with E-state index in [-0.39, 0.29) is 5.92 Å². The molecule has 1 heteroatoms. The molecule has 0 N–H and O–H groups in total. The van der Waals surface area contributed by atoms with Gasteiger partial charge in [0, 0.05) is 12.3 Å². The molecule has 76 valence electrons. The SMILES string of the molecule is C=C/C=C/CC1C(=O)Cc2ccccc21. The molecule has 0 aromatic heterocycles. The molecule has 1 nitrogen and oxygen atoms in total. The van der Waals surface area contributed by atoms with Crippen LogP contribution in [-0.2, 0) is 11.2 Å². The molecule has 0 heterocycles. The lowest BCUT2D eigenvalue weighted by molar-refractivity contribution is -0.118. The molecule has 0 saturated carbocycles. The van der Waals surface area contributed by atoms with Crippen LogP contribution < -0.4 is 0 Å². The van der Waals surface area contributed by atoms with E-state index in [1.807, 2.05) is 30.4 Å². The Balaban J connectivity index is 2.22. The minimum absolute atomic E-state index is 0.0670. The third-order valence-corrected chi connectivity index (χ3v) is 2.83. The van der Waals surface area contributed by atoms with Crippen molar-refractivity contribution in [1.29, 1.82) is 0 Å². The highest BCUT2D eigenvalue weighted by molar-refractivity contribution is 5.92. The quantitative estimate of drug-likeness (QED) is 0.682. The minimum Gasteiger partial charge on any atom is -0.299 e. The Hall–Kier alpha value is -1.63. The number of ketones is 1. The number of rotatable bonds is 3. The van der Waals surface area contributed by atoms with Crippen molar-refractivity contribution < 1.29 is 4.79 Å². The van der Waals surface area contributed by atoms with Crippen molar-refractivity contribution in [2.45, 2.75) is 18.8 Å². The Labute approximate surface area is 90.1 Å². The van der Waals surface area contributed by atoms with Gasteiger partial charge in [-0.1, -0.05) is 49.1 Å². The van der Waals surface area contributed by atoms with Crippen LogP contribution in [0.25, 0.3) is 0 Å². The van der Waals surface area contributed by atoms with Crippen LogP contribution >= 0.6 is 0 Å². The predicted octanol–water partition coefficient (Wildman–Crippen LogP) is 3.03. The average molecular weight is 198 g/mol. The highest BCUT2D eigenvalue weighted by Gasteiger charge is 2.28. The molecule has 15 heavy (non-hydrogen) atoms. The van der Waals surface area contributed by atoms with Gasteiger partial charge in [-0.15, -0.1) is 0 Å². The smallest absolute Gasteiger partial charge is 0.145 e. The van der Waals surface area contributed by atoms with Gasteiger partial charge in [0.2, 0.25) is 0 Å². The summed E-state index contributed by atoms with van der Waals surface area (Å²) in [6, 6.07) is 8.10. The maximum Gasteiger partial charge on any atom is 0.145 e. The van der Waals surface area contributed by atoms with Crippen LogP contribution in [0.5, 0.6) is 0 Å². The van der Waals surface area contributed by atoms with Crippen molar-refractivity contribution >= 4 is 5.78 Å². The Morgan fingerprint density at radius 3 is 3.00 bits per heavy atom. The second-order valence-corrected chi connectivity index (χ2v) is 3.79. The van der Waals surface area contributed by atoms with Gasteiger partial charge < -0.3 is 0 Å². The van der Waals surface area contributed by atoms with Gasteiger partial charge in [-0.25, -0.2) is 0 Å². The Morgan fingerprint density at radius 2 is 2.20 bits per heavy atom. The number of carbonyl (C=O) groups is 1. The number of hydrogen-bond donors (Lipinski definition) is 0. The molecule has 1 aliphatic carbocycles. The van der Waals surface area contributed by atoms with Crippen molar-refractivity contribution in [1.82, 2.24) is 0 Å². The topological polar surface area (TPSA) is 17.1 Å². The molecule has 1 unspecified atom stereocenters. The molecule has 1 aromatic carbocycles. The first kappa shape index (κ1) is 9.91. The summed E-state index contributed by atoms with van der Waals surface area (Å²) in [5.74, 6) is 0.405. The average Bonchev–Trinajstić information content (AvgIpc) is 2.56. The summed E-state index contributed by atoms with van der Waals surface area (Å²) >= 11 is 0. The van der Waals surface area contributed by atoms with Crippen molar-refractivity contribution in [3.8, 4) is 0 Å². The maximum absolute atomic E-state index is 11.8. The molecule has 0 bridgehead atoms. The molecule has 0 saturated heterocycles. The lowest BCUT2D eigenvalue weighted by Crippen LogP contribution is -2.04. The number of Topliss-reactive ketones (excluding diaryl/α,β-unsaturated/α-hetero) is 1. The standard InChI is InChI=1S/C14H14O/c1-2-3-4-9-13-12-8-6-5-7-11(12)10-14(13)15/h2-8,13H,1,9-10H2/b4-3+. The van der Waals surface area contributed by atoms with Gasteiger partial charge in [0.15, 0.2) is 0 Å². The van der Waals surface area contributed by atoms with E-state index in [0.717, 1.165) is 6.42 Å². The Bertz CT molecular complexity index is 415. The number of hydrogen-bond acceptors (Lipinski definition) is 1. The lowest BCUT2D eigenvalue weighted by atomic mass is 9.97. The van der Waals surface area contributed by atoms with E-state index in [0.29, 0.717) is 12.2 Å². The van der Waals surface area contributed by atoms with Crippen molar-refractivity contribution in [3.05, 3.63) is 60.2 Å². The van der Waals surface area contributed by atoms with Gasteiger partial charge >= 0.3 is 0 Å². The summed E-state index contributed by atoms with van der Waals surface area (Å²) in [6.45, 7) is 3.62. The van der Waals surface area contributed by atoms with E-state index in [4.69, 9.17) is 0 Å². The van der Waals surface area contributed by atoms with Crippen molar-refractivity contribution in [3.63, 3.8) is 0 Å². The normalized spacial score (nSPS) is 19.5. The number of allylic oxidation sites excluding steroid dienone is 3. The predicted molar refractivity (Wildman–Crippen MR) is 61.8 cm³/mol. The van der Waals surface area contributed by atoms with Crippen LogP contribution in [0.1, 0.15) is 23.5 Å². The number of carbonyl (C=O) groups excluding carboxylic acids is 1. The lowest BCUT2D eigenvalue weighted by Gasteiger charge is -2.06. The monoisotopic (exact) mass is 198 g/mol. The molecule has 0 spiro atoms. The summed E-state index contributed by atoms with van der Waals surface area (Å²) < 4.78 is 0. The molecule has 0 fully saturated rings. The van der Waals surface area contributed by atoms with Crippen molar-refractivity contribution in [2.75, 3.05) is 0 Å². The van der Waals surface area contributed by atoms with Gasteiger partial charge in [0.05, 0.1) is 0 Å². The van der Waals surface area contributed by atoms with E-state index in [1.165, 1.54) is 11.1 Å². The summed E-state index contributed by atoms with van der Waals surface area (Å²) in [7, 11) is 0. The first-order valence-corrected chi connectivity index (χ1v) is 5.21. The molecule has 0 aliphatic heterocycles. The molecular weight excluding hydrogens is 184 g/mol. The molecule has 0 amide bonds. The van der Waals surface area contributed by atoms with Crippen LogP contribution in [0.4, 0.5) is 0 Å². The zero-order valence-electron chi connectivity index (χ0n) is 8.65. The Kier molecular flexibility index (Phi) is 2.82. The third-order valence-electron chi connectivity index (χ3n) is 2.83. The second-order valence-electron chi connectivity index (χ2n) is 3.79.